The van der Waals surface area contributed by atoms with Gasteiger partial charge in [-0.1, -0.05) is 11.8 Å². The maximum atomic E-state index is 12.7. The number of aromatic nitrogens is 1. The van der Waals surface area contributed by atoms with E-state index < -0.39 is 0 Å². The highest BCUT2D eigenvalue weighted by Crippen LogP contribution is 2.32. The van der Waals surface area contributed by atoms with Crippen molar-refractivity contribution < 1.29 is 9.59 Å². The number of hydrogen-bond acceptors (Lipinski definition) is 5. The highest BCUT2D eigenvalue weighted by molar-refractivity contribution is 7.99. The maximum absolute atomic E-state index is 12.7. The van der Waals surface area contributed by atoms with Crippen LogP contribution in [-0.4, -0.2) is 46.7 Å². The van der Waals surface area contributed by atoms with Crippen molar-refractivity contribution in [2.75, 3.05) is 13.1 Å². The van der Waals surface area contributed by atoms with Crippen LogP contribution >= 0.6 is 11.8 Å². The van der Waals surface area contributed by atoms with E-state index in [1.807, 2.05) is 24.3 Å². The number of amides is 1. The lowest BCUT2D eigenvalue weighted by Gasteiger charge is -2.49. The molecule has 28 heavy (non-hydrogen) atoms. The second-order valence-corrected chi connectivity index (χ2v) is 8.77. The van der Waals surface area contributed by atoms with E-state index in [4.69, 9.17) is 0 Å². The number of benzene rings is 1. The van der Waals surface area contributed by atoms with Gasteiger partial charge in [0.25, 0.3) is 5.91 Å². The van der Waals surface area contributed by atoms with Crippen molar-refractivity contribution in [2.24, 2.45) is 5.92 Å². The van der Waals surface area contributed by atoms with Crippen molar-refractivity contribution >= 4 is 23.5 Å². The van der Waals surface area contributed by atoms with Crippen molar-refractivity contribution in [1.82, 2.24) is 15.2 Å². The molecule has 2 unspecified atom stereocenters. The highest BCUT2D eigenvalue weighted by atomic mass is 32.2. The Morgan fingerprint density at radius 3 is 2.46 bits per heavy atom. The van der Waals surface area contributed by atoms with Crippen LogP contribution in [0.15, 0.2) is 52.5 Å². The van der Waals surface area contributed by atoms with E-state index in [9.17, 15) is 9.59 Å². The summed E-state index contributed by atoms with van der Waals surface area (Å²) in [6.07, 6.45) is 4.00. The van der Waals surface area contributed by atoms with Gasteiger partial charge in [-0.05, 0) is 82.1 Å². The minimum absolute atomic E-state index is 0.00106. The Kier molecular flexibility index (Phi) is 5.51. The van der Waals surface area contributed by atoms with Crippen LogP contribution in [0.3, 0.4) is 0 Å². The third kappa shape index (κ3) is 3.98. The summed E-state index contributed by atoms with van der Waals surface area (Å²) in [5.74, 6) is 0.621. The zero-order chi connectivity index (χ0) is 19.7. The van der Waals surface area contributed by atoms with Gasteiger partial charge in [0.05, 0.1) is 0 Å². The van der Waals surface area contributed by atoms with E-state index in [0.29, 0.717) is 23.1 Å². The largest absolute Gasteiger partial charge is 0.347 e. The standard InChI is InChI=1S/C22H25N3O2S/c1-14-21(16-8-11-25(14)12-9-16)24-22(27)17-3-5-19(6-4-17)28-20-13-18(15(2)26)7-10-23-20/h3-7,10,13-14,16,21H,8-9,11-12H2,1-2H3,(H,24,27). The predicted molar refractivity (Wildman–Crippen MR) is 110 cm³/mol. The number of piperidine rings is 3. The molecule has 2 bridgehead atoms. The zero-order valence-electron chi connectivity index (χ0n) is 16.2. The number of carbonyl (C=O) groups is 2. The minimum Gasteiger partial charge on any atom is -0.347 e. The molecule has 4 heterocycles. The lowest BCUT2D eigenvalue weighted by Crippen LogP contribution is -2.62. The number of hydrogen-bond donors (Lipinski definition) is 1. The van der Waals surface area contributed by atoms with E-state index in [1.54, 1.807) is 25.3 Å². The topological polar surface area (TPSA) is 62.3 Å². The first-order valence-electron chi connectivity index (χ1n) is 9.81. The van der Waals surface area contributed by atoms with Crippen LogP contribution in [0.5, 0.6) is 0 Å². The van der Waals surface area contributed by atoms with E-state index in [2.05, 4.69) is 22.1 Å². The van der Waals surface area contributed by atoms with Gasteiger partial charge in [0.2, 0.25) is 0 Å². The van der Waals surface area contributed by atoms with Gasteiger partial charge in [-0.15, -0.1) is 0 Å². The number of nitrogens with one attached hydrogen (secondary N) is 1. The Morgan fingerprint density at radius 1 is 1.11 bits per heavy atom. The van der Waals surface area contributed by atoms with Crippen molar-refractivity contribution in [2.45, 2.75) is 48.7 Å². The fraction of sp³-hybridized carbons (Fsp3) is 0.409. The monoisotopic (exact) mass is 395 g/mol. The first-order chi connectivity index (χ1) is 13.5. The Morgan fingerprint density at radius 2 is 1.82 bits per heavy atom. The summed E-state index contributed by atoms with van der Waals surface area (Å²) in [6, 6.07) is 11.7. The molecule has 1 aromatic heterocycles. The van der Waals surface area contributed by atoms with Gasteiger partial charge < -0.3 is 5.32 Å². The molecule has 2 aromatic rings. The van der Waals surface area contributed by atoms with E-state index >= 15 is 0 Å². The van der Waals surface area contributed by atoms with Crippen molar-refractivity contribution in [3.63, 3.8) is 0 Å². The molecule has 5 rings (SSSR count). The molecule has 1 amide bonds. The van der Waals surface area contributed by atoms with Crippen LogP contribution in [0.2, 0.25) is 0 Å². The molecule has 0 aliphatic carbocycles. The summed E-state index contributed by atoms with van der Waals surface area (Å²) >= 11 is 1.48. The summed E-state index contributed by atoms with van der Waals surface area (Å²) in [7, 11) is 0. The number of nitrogens with zero attached hydrogens (tertiary/aromatic N) is 2. The molecular formula is C22H25N3O2S. The Labute approximate surface area is 169 Å². The smallest absolute Gasteiger partial charge is 0.251 e. The third-order valence-electron chi connectivity index (χ3n) is 5.96. The van der Waals surface area contributed by atoms with Crippen LogP contribution in [0.25, 0.3) is 0 Å². The van der Waals surface area contributed by atoms with Gasteiger partial charge in [0.15, 0.2) is 5.78 Å². The Bertz CT molecular complexity index is 874. The quantitative estimate of drug-likeness (QED) is 0.783. The van der Waals surface area contributed by atoms with Crippen LogP contribution in [-0.2, 0) is 0 Å². The summed E-state index contributed by atoms with van der Waals surface area (Å²) in [5.41, 5.74) is 1.33. The second-order valence-electron chi connectivity index (χ2n) is 7.68. The normalized spacial score (nSPS) is 26.1. The molecule has 3 aliphatic rings. The van der Waals surface area contributed by atoms with Gasteiger partial charge in [0, 0.05) is 34.3 Å². The molecule has 3 fully saturated rings. The minimum atomic E-state index is -0.00106. The van der Waals surface area contributed by atoms with Gasteiger partial charge in [-0.3, -0.25) is 14.5 Å². The predicted octanol–water partition coefficient (Wildman–Crippen LogP) is 3.65. The molecule has 3 aliphatic heterocycles. The molecule has 146 valence electrons. The van der Waals surface area contributed by atoms with Crippen LogP contribution in [0.4, 0.5) is 0 Å². The summed E-state index contributed by atoms with van der Waals surface area (Å²) in [6.45, 7) is 6.08. The molecular weight excluding hydrogens is 370 g/mol. The summed E-state index contributed by atoms with van der Waals surface area (Å²) < 4.78 is 0. The fourth-order valence-electron chi connectivity index (χ4n) is 4.26. The van der Waals surface area contributed by atoms with Gasteiger partial charge in [-0.2, -0.15) is 0 Å². The molecule has 3 saturated heterocycles. The summed E-state index contributed by atoms with van der Waals surface area (Å²) in [5, 5.41) is 4.04. The van der Waals surface area contributed by atoms with E-state index in [0.717, 1.165) is 23.0 Å². The Balaban J connectivity index is 1.41. The number of carbonyl (C=O) groups excluding carboxylic acids is 2. The molecule has 6 heteroatoms. The number of rotatable bonds is 5. The average molecular weight is 396 g/mol. The van der Waals surface area contributed by atoms with Crippen molar-refractivity contribution in [3.05, 3.63) is 53.7 Å². The first kappa shape index (κ1) is 19.2. The second kappa shape index (κ2) is 8.05. The number of fused-ring (bicyclic) bond motifs is 3. The molecule has 0 radical (unpaired) electrons. The SMILES string of the molecule is CC(=O)c1ccnc(Sc2ccc(C(=O)NC3C4CCN(CC4)C3C)cc2)c1. The maximum Gasteiger partial charge on any atom is 0.251 e. The number of Topliss-reactive ketones (excluding diaryl/α,β-unsaturated/α-hetero) is 1. The van der Waals surface area contributed by atoms with E-state index in [1.165, 1.54) is 24.6 Å². The Hall–Kier alpha value is -2.18. The average Bonchev–Trinajstić information content (AvgIpc) is 2.71. The summed E-state index contributed by atoms with van der Waals surface area (Å²) in [4.78, 5) is 32.0. The van der Waals surface area contributed by atoms with Crippen LogP contribution < -0.4 is 5.32 Å². The lowest BCUT2D eigenvalue weighted by molar-refractivity contribution is 0.0217. The zero-order valence-corrected chi connectivity index (χ0v) is 17.0. The molecule has 1 aromatic carbocycles. The van der Waals surface area contributed by atoms with Gasteiger partial charge in [0.1, 0.15) is 5.03 Å². The molecule has 0 saturated carbocycles. The fourth-order valence-corrected chi connectivity index (χ4v) is 5.07. The van der Waals surface area contributed by atoms with Crippen molar-refractivity contribution in [1.29, 1.82) is 0 Å². The van der Waals surface area contributed by atoms with Crippen molar-refractivity contribution in [3.8, 4) is 0 Å². The van der Waals surface area contributed by atoms with E-state index in [-0.39, 0.29) is 17.7 Å². The third-order valence-corrected chi connectivity index (χ3v) is 6.90. The van der Waals surface area contributed by atoms with Crippen LogP contribution in [0.1, 0.15) is 47.4 Å². The van der Waals surface area contributed by atoms with Gasteiger partial charge in [-0.25, -0.2) is 4.98 Å². The molecule has 2 atom stereocenters. The molecule has 5 nitrogen and oxygen atoms in total. The number of pyridine rings is 1. The molecule has 0 spiro atoms. The molecule has 1 N–H and O–H groups in total. The van der Waals surface area contributed by atoms with Gasteiger partial charge >= 0.3 is 0 Å². The highest BCUT2D eigenvalue weighted by Gasteiger charge is 2.40. The number of ketones is 1. The first-order valence-corrected chi connectivity index (χ1v) is 10.6. The lowest BCUT2D eigenvalue weighted by atomic mass is 9.79. The van der Waals surface area contributed by atoms with Crippen LogP contribution in [0, 0.1) is 5.92 Å².